The molecule has 0 saturated carbocycles. The van der Waals surface area contributed by atoms with Crippen LogP contribution in [0.25, 0.3) is 0 Å². The quantitative estimate of drug-likeness (QED) is 0.570. The lowest BCUT2D eigenvalue weighted by Crippen LogP contribution is -2.46. The van der Waals surface area contributed by atoms with Crippen molar-refractivity contribution >= 4 is 40.5 Å². The molecule has 0 radical (unpaired) electrons. The second-order valence-electron chi connectivity index (χ2n) is 7.76. The first-order chi connectivity index (χ1) is 14.6. The van der Waals surface area contributed by atoms with E-state index < -0.39 is 0 Å². The average molecular weight is 448 g/mol. The van der Waals surface area contributed by atoms with E-state index >= 15 is 0 Å². The molecule has 1 saturated heterocycles. The van der Waals surface area contributed by atoms with Gasteiger partial charge in [-0.1, -0.05) is 47.5 Å². The minimum atomic E-state index is 0.0458. The van der Waals surface area contributed by atoms with Gasteiger partial charge in [-0.25, -0.2) is 0 Å². The van der Waals surface area contributed by atoms with E-state index in [1.54, 1.807) is 0 Å². The molecule has 2 heterocycles. The van der Waals surface area contributed by atoms with Crippen LogP contribution in [0.1, 0.15) is 24.8 Å². The van der Waals surface area contributed by atoms with Crippen molar-refractivity contribution in [2.75, 3.05) is 49.3 Å². The van der Waals surface area contributed by atoms with Gasteiger partial charge in [0.25, 0.3) is 5.91 Å². The third-order valence-electron chi connectivity index (χ3n) is 5.78. The number of piperazine rings is 1. The van der Waals surface area contributed by atoms with Crippen LogP contribution in [0.4, 0.5) is 11.4 Å². The highest BCUT2D eigenvalue weighted by Gasteiger charge is 2.24. The molecule has 5 nitrogen and oxygen atoms in total. The first-order valence-corrected chi connectivity index (χ1v) is 11.3. The van der Waals surface area contributed by atoms with Crippen LogP contribution in [-0.4, -0.2) is 50.1 Å². The number of hydrogen-bond acceptors (Lipinski definition) is 4. The van der Waals surface area contributed by atoms with E-state index in [4.69, 9.17) is 28.0 Å². The Morgan fingerprint density at radius 2 is 1.63 bits per heavy atom. The average Bonchev–Trinajstić information content (AvgIpc) is 2.77. The standard InChI is InChI=1S/C23H27Cl2N3O2/c24-19-7-5-9-21(23(19)25)27-15-13-26(14-16-27)12-3-4-17-30-28-20-8-2-1-6-18(20)10-11-22(28)29/h1-2,5-9H,3-4,10-17H2. The molecule has 0 aliphatic carbocycles. The van der Waals surface area contributed by atoms with Crippen LogP contribution >= 0.6 is 23.2 Å². The summed E-state index contributed by atoms with van der Waals surface area (Å²) < 4.78 is 0. The molecule has 4 rings (SSSR count). The van der Waals surface area contributed by atoms with E-state index in [0.717, 1.165) is 63.4 Å². The van der Waals surface area contributed by atoms with Crippen LogP contribution in [0.3, 0.4) is 0 Å². The summed E-state index contributed by atoms with van der Waals surface area (Å²) in [7, 11) is 0. The molecule has 0 unspecified atom stereocenters. The Kier molecular flexibility index (Phi) is 7.16. The number of rotatable bonds is 7. The van der Waals surface area contributed by atoms with Crippen molar-refractivity contribution in [1.29, 1.82) is 0 Å². The maximum absolute atomic E-state index is 12.2. The minimum Gasteiger partial charge on any atom is -0.368 e. The number of halogens is 2. The fourth-order valence-corrected chi connectivity index (χ4v) is 4.50. The van der Waals surface area contributed by atoms with Crippen molar-refractivity contribution < 1.29 is 9.63 Å². The fourth-order valence-electron chi connectivity index (χ4n) is 4.08. The summed E-state index contributed by atoms with van der Waals surface area (Å²) in [4.78, 5) is 22.8. The zero-order chi connectivity index (χ0) is 20.9. The highest BCUT2D eigenvalue weighted by Crippen LogP contribution is 2.33. The van der Waals surface area contributed by atoms with Gasteiger partial charge in [-0.05, 0) is 49.6 Å². The van der Waals surface area contributed by atoms with E-state index in [0.29, 0.717) is 23.1 Å². The first kappa shape index (κ1) is 21.4. The maximum Gasteiger partial charge on any atom is 0.251 e. The van der Waals surface area contributed by atoms with Gasteiger partial charge in [0.05, 0.1) is 28.0 Å². The lowest BCUT2D eigenvalue weighted by Gasteiger charge is -2.36. The predicted octanol–water partition coefficient (Wildman–Crippen LogP) is 4.81. The molecule has 0 atom stereocenters. The van der Waals surface area contributed by atoms with Crippen LogP contribution in [0.2, 0.25) is 10.0 Å². The van der Waals surface area contributed by atoms with Crippen LogP contribution < -0.4 is 9.96 Å². The number of hydroxylamine groups is 1. The van der Waals surface area contributed by atoms with Crippen LogP contribution in [0.15, 0.2) is 42.5 Å². The van der Waals surface area contributed by atoms with E-state index in [-0.39, 0.29) is 5.91 Å². The van der Waals surface area contributed by atoms with Crippen molar-refractivity contribution in [3.05, 3.63) is 58.1 Å². The molecular formula is C23H27Cl2N3O2. The molecule has 7 heteroatoms. The fraction of sp³-hybridized carbons (Fsp3) is 0.435. The van der Waals surface area contributed by atoms with Gasteiger partial charge in [0.1, 0.15) is 0 Å². The van der Waals surface area contributed by atoms with Gasteiger partial charge in [0, 0.05) is 32.6 Å². The first-order valence-electron chi connectivity index (χ1n) is 10.6. The second kappa shape index (κ2) is 10.0. The van der Waals surface area contributed by atoms with Gasteiger partial charge in [-0.2, -0.15) is 5.06 Å². The Balaban J connectivity index is 1.18. The molecule has 160 valence electrons. The predicted molar refractivity (Wildman–Crippen MR) is 123 cm³/mol. The van der Waals surface area contributed by atoms with E-state index in [1.807, 2.05) is 36.4 Å². The summed E-state index contributed by atoms with van der Waals surface area (Å²) in [5.41, 5.74) is 3.09. The summed E-state index contributed by atoms with van der Waals surface area (Å²) in [6, 6.07) is 13.8. The molecule has 1 amide bonds. The summed E-state index contributed by atoms with van der Waals surface area (Å²) in [5, 5.41) is 2.73. The molecule has 2 aliphatic rings. The molecule has 2 aliphatic heterocycles. The Labute approximate surface area is 188 Å². The number of aryl methyl sites for hydroxylation is 1. The number of carbonyl (C=O) groups is 1. The zero-order valence-corrected chi connectivity index (χ0v) is 18.5. The normalized spacial score (nSPS) is 17.3. The number of amides is 1. The number of nitrogens with zero attached hydrogens (tertiary/aromatic N) is 3. The summed E-state index contributed by atoms with van der Waals surface area (Å²) in [5.74, 6) is 0.0458. The monoisotopic (exact) mass is 447 g/mol. The Morgan fingerprint density at radius 3 is 2.47 bits per heavy atom. The lowest BCUT2D eigenvalue weighted by molar-refractivity contribution is -0.126. The van der Waals surface area contributed by atoms with Crippen molar-refractivity contribution in [3.8, 4) is 0 Å². The van der Waals surface area contributed by atoms with E-state index in [2.05, 4.69) is 15.9 Å². The molecule has 0 spiro atoms. The van der Waals surface area contributed by atoms with Crippen LogP contribution in [0, 0.1) is 0 Å². The van der Waals surface area contributed by atoms with Gasteiger partial charge in [0.2, 0.25) is 0 Å². The van der Waals surface area contributed by atoms with Crippen molar-refractivity contribution in [2.24, 2.45) is 0 Å². The maximum atomic E-state index is 12.2. The summed E-state index contributed by atoms with van der Waals surface area (Å²) in [6.45, 7) is 5.47. The molecule has 0 bridgehead atoms. The van der Waals surface area contributed by atoms with Gasteiger partial charge in [0.15, 0.2) is 0 Å². The van der Waals surface area contributed by atoms with Gasteiger partial charge in [-0.15, -0.1) is 0 Å². The molecule has 0 N–H and O–H groups in total. The van der Waals surface area contributed by atoms with Gasteiger partial charge in [-0.3, -0.25) is 14.5 Å². The topological polar surface area (TPSA) is 36.0 Å². The smallest absolute Gasteiger partial charge is 0.251 e. The zero-order valence-electron chi connectivity index (χ0n) is 17.0. The number of unbranched alkanes of at least 4 members (excludes halogenated alkanes) is 1. The Hall–Kier alpha value is -1.79. The van der Waals surface area contributed by atoms with Crippen molar-refractivity contribution in [2.45, 2.75) is 25.7 Å². The van der Waals surface area contributed by atoms with Crippen LogP contribution in [-0.2, 0) is 16.1 Å². The largest absolute Gasteiger partial charge is 0.368 e. The third-order valence-corrected chi connectivity index (χ3v) is 6.59. The molecule has 0 aromatic heterocycles. The number of hydrogen-bond donors (Lipinski definition) is 0. The Bertz CT molecular complexity index is 885. The summed E-state index contributed by atoms with van der Waals surface area (Å²) >= 11 is 12.5. The van der Waals surface area contributed by atoms with Gasteiger partial charge < -0.3 is 4.90 Å². The van der Waals surface area contributed by atoms with Crippen LogP contribution in [0.5, 0.6) is 0 Å². The second-order valence-corrected chi connectivity index (χ2v) is 8.54. The van der Waals surface area contributed by atoms with E-state index in [9.17, 15) is 4.79 Å². The Morgan fingerprint density at radius 1 is 0.867 bits per heavy atom. The third kappa shape index (κ3) is 4.92. The lowest BCUT2D eigenvalue weighted by atomic mass is 10.0. The van der Waals surface area contributed by atoms with E-state index in [1.165, 1.54) is 10.6 Å². The van der Waals surface area contributed by atoms with Gasteiger partial charge >= 0.3 is 0 Å². The highest BCUT2D eigenvalue weighted by atomic mass is 35.5. The highest BCUT2D eigenvalue weighted by molar-refractivity contribution is 6.43. The molecule has 30 heavy (non-hydrogen) atoms. The number of fused-ring (bicyclic) bond motifs is 1. The van der Waals surface area contributed by atoms with Crippen molar-refractivity contribution in [1.82, 2.24) is 4.90 Å². The minimum absolute atomic E-state index is 0.0458. The molecule has 1 fully saturated rings. The number of carbonyl (C=O) groups excluding carboxylic acids is 1. The number of anilines is 2. The number of benzene rings is 2. The summed E-state index contributed by atoms with van der Waals surface area (Å²) in [6.07, 6.45) is 3.27. The molecule has 2 aromatic rings. The molecule has 2 aromatic carbocycles. The van der Waals surface area contributed by atoms with Crippen molar-refractivity contribution in [3.63, 3.8) is 0 Å². The SMILES string of the molecule is O=C1CCc2ccccc2N1OCCCCN1CCN(c2cccc(Cl)c2Cl)CC1. The molecular weight excluding hydrogens is 421 g/mol. The number of para-hydroxylation sites is 1.